The van der Waals surface area contributed by atoms with Crippen LogP contribution in [0, 0.1) is 11.8 Å². The number of likely N-dealkylation sites (tertiary alicyclic amines) is 1. The molecule has 3 rings (SSSR count). The Bertz CT molecular complexity index is 342. The topological polar surface area (TPSA) is 24.5 Å². The molecule has 2 aliphatic heterocycles. The highest BCUT2D eigenvalue weighted by molar-refractivity contribution is 5.20. The molecule has 2 saturated heterocycles. The van der Waals surface area contributed by atoms with Crippen LogP contribution in [0.5, 0.6) is 5.75 Å². The van der Waals surface area contributed by atoms with Crippen molar-refractivity contribution in [2.75, 3.05) is 39.3 Å². The lowest BCUT2D eigenvalue weighted by atomic mass is 10.0. The van der Waals surface area contributed by atoms with E-state index in [1.807, 2.05) is 30.3 Å². The average Bonchev–Trinajstić information content (AvgIpc) is 2.91. The highest BCUT2D eigenvalue weighted by Crippen LogP contribution is 2.25. The molecule has 17 heavy (non-hydrogen) atoms. The van der Waals surface area contributed by atoms with Gasteiger partial charge in [-0.05, 0) is 37.1 Å². The molecule has 92 valence electrons. The molecular formula is C14H20N2O. The van der Waals surface area contributed by atoms with E-state index in [2.05, 4.69) is 10.2 Å². The third-order valence-corrected chi connectivity index (χ3v) is 3.88. The van der Waals surface area contributed by atoms with Crippen molar-refractivity contribution in [3.63, 3.8) is 0 Å². The van der Waals surface area contributed by atoms with E-state index in [1.54, 1.807) is 0 Å². The summed E-state index contributed by atoms with van der Waals surface area (Å²) in [6.07, 6.45) is 0. The molecule has 0 bridgehead atoms. The Labute approximate surface area is 103 Å². The number of hydrogen-bond acceptors (Lipinski definition) is 3. The van der Waals surface area contributed by atoms with Crippen LogP contribution >= 0.6 is 0 Å². The van der Waals surface area contributed by atoms with Gasteiger partial charge in [-0.2, -0.15) is 0 Å². The minimum atomic E-state index is 0.802. The Hall–Kier alpha value is -1.06. The molecule has 3 heteroatoms. The van der Waals surface area contributed by atoms with Crippen LogP contribution in [-0.4, -0.2) is 44.2 Å². The van der Waals surface area contributed by atoms with Gasteiger partial charge in [0.05, 0.1) is 0 Å². The molecule has 2 atom stereocenters. The van der Waals surface area contributed by atoms with E-state index in [1.165, 1.54) is 26.2 Å². The molecule has 2 heterocycles. The Morgan fingerprint density at radius 3 is 2.53 bits per heavy atom. The molecule has 3 nitrogen and oxygen atoms in total. The molecule has 2 unspecified atom stereocenters. The smallest absolute Gasteiger partial charge is 0.119 e. The number of nitrogens with zero attached hydrogens (tertiary/aromatic N) is 1. The zero-order valence-corrected chi connectivity index (χ0v) is 10.1. The Kier molecular flexibility index (Phi) is 3.29. The summed E-state index contributed by atoms with van der Waals surface area (Å²) in [6.45, 7) is 6.77. The van der Waals surface area contributed by atoms with Crippen molar-refractivity contribution in [1.29, 1.82) is 0 Å². The van der Waals surface area contributed by atoms with E-state index >= 15 is 0 Å². The summed E-state index contributed by atoms with van der Waals surface area (Å²) in [6, 6.07) is 10.1. The summed E-state index contributed by atoms with van der Waals surface area (Å²) in [7, 11) is 0. The van der Waals surface area contributed by atoms with Gasteiger partial charge in [-0.15, -0.1) is 0 Å². The quantitative estimate of drug-likeness (QED) is 0.844. The molecular weight excluding hydrogens is 212 g/mol. The van der Waals surface area contributed by atoms with Crippen molar-refractivity contribution in [2.24, 2.45) is 11.8 Å². The first-order valence-electron chi connectivity index (χ1n) is 6.53. The van der Waals surface area contributed by atoms with Crippen LogP contribution in [0.4, 0.5) is 0 Å². The van der Waals surface area contributed by atoms with Crippen LogP contribution in [0.2, 0.25) is 0 Å². The number of para-hydroxylation sites is 1. The van der Waals surface area contributed by atoms with Gasteiger partial charge in [-0.25, -0.2) is 0 Å². The van der Waals surface area contributed by atoms with Crippen molar-refractivity contribution in [3.05, 3.63) is 30.3 Å². The van der Waals surface area contributed by atoms with Crippen LogP contribution in [-0.2, 0) is 0 Å². The van der Waals surface area contributed by atoms with E-state index in [0.29, 0.717) is 0 Å². The lowest BCUT2D eigenvalue weighted by Gasteiger charge is -2.17. The van der Waals surface area contributed by atoms with Crippen LogP contribution in [0.15, 0.2) is 30.3 Å². The van der Waals surface area contributed by atoms with Gasteiger partial charge in [0, 0.05) is 19.6 Å². The van der Waals surface area contributed by atoms with Gasteiger partial charge in [-0.1, -0.05) is 18.2 Å². The maximum atomic E-state index is 5.73. The number of ether oxygens (including phenoxy) is 1. The monoisotopic (exact) mass is 232 g/mol. The molecule has 0 radical (unpaired) electrons. The van der Waals surface area contributed by atoms with Crippen molar-refractivity contribution in [2.45, 2.75) is 0 Å². The van der Waals surface area contributed by atoms with E-state index in [4.69, 9.17) is 4.74 Å². The van der Waals surface area contributed by atoms with Crippen molar-refractivity contribution < 1.29 is 4.74 Å². The largest absolute Gasteiger partial charge is 0.492 e. The standard InChI is InChI=1S/C14H20N2O/c1-2-4-14(5-3-1)17-7-6-16-10-12-8-15-9-13(12)11-16/h1-5,12-13,15H,6-11H2. The highest BCUT2D eigenvalue weighted by atomic mass is 16.5. The Morgan fingerprint density at radius 2 is 1.82 bits per heavy atom. The summed E-state index contributed by atoms with van der Waals surface area (Å²) in [5.74, 6) is 2.74. The number of fused-ring (bicyclic) bond motifs is 1. The molecule has 1 aromatic rings. The van der Waals surface area contributed by atoms with Gasteiger partial charge in [0.2, 0.25) is 0 Å². The molecule has 0 amide bonds. The maximum absolute atomic E-state index is 5.73. The Balaban J connectivity index is 1.41. The third kappa shape index (κ3) is 2.61. The number of rotatable bonds is 4. The third-order valence-electron chi connectivity index (χ3n) is 3.88. The second-order valence-corrected chi connectivity index (χ2v) is 5.10. The van der Waals surface area contributed by atoms with Crippen LogP contribution in [0.25, 0.3) is 0 Å². The van der Waals surface area contributed by atoms with E-state index < -0.39 is 0 Å². The van der Waals surface area contributed by atoms with E-state index in [-0.39, 0.29) is 0 Å². The van der Waals surface area contributed by atoms with Gasteiger partial charge in [0.25, 0.3) is 0 Å². The minimum Gasteiger partial charge on any atom is -0.492 e. The SMILES string of the molecule is c1ccc(OCCN2CC3CNCC3C2)cc1. The fraction of sp³-hybridized carbons (Fsp3) is 0.571. The second kappa shape index (κ2) is 5.07. The Morgan fingerprint density at radius 1 is 1.12 bits per heavy atom. The van der Waals surface area contributed by atoms with Crippen molar-refractivity contribution >= 4 is 0 Å². The maximum Gasteiger partial charge on any atom is 0.119 e. The van der Waals surface area contributed by atoms with Gasteiger partial charge < -0.3 is 10.1 Å². The fourth-order valence-electron chi connectivity index (χ4n) is 2.94. The van der Waals surface area contributed by atoms with Crippen LogP contribution in [0.1, 0.15) is 0 Å². The normalized spacial score (nSPS) is 28.2. The zero-order valence-electron chi connectivity index (χ0n) is 10.1. The fourth-order valence-corrected chi connectivity index (χ4v) is 2.94. The van der Waals surface area contributed by atoms with Gasteiger partial charge in [0.1, 0.15) is 12.4 Å². The number of nitrogens with one attached hydrogen (secondary N) is 1. The lowest BCUT2D eigenvalue weighted by Crippen LogP contribution is -2.29. The summed E-state index contributed by atoms with van der Waals surface area (Å²) in [5, 5.41) is 3.47. The number of hydrogen-bond donors (Lipinski definition) is 1. The molecule has 1 N–H and O–H groups in total. The van der Waals surface area contributed by atoms with Gasteiger partial charge >= 0.3 is 0 Å². The summed E-state index contributed by atoms with van der Waals surface area (Å²) in [5.41, 5.74) is 0. The number of benzene rings is 1. The summed E-state index contributed by atoms with van der Waals surface area (Å²) in [4.78, 5) is 2.54. The first-order chi connectivity index (χ1) is 8.42. The second-order valence-electron chi connectivity index (χ2n) is 5.10. The van der Waals surface area contributed by atoms with Crippen molar-refractivity contribution in [1.82, 2.24) is 10.2 Å². The minimum absolute atomic E-state index is 0.802. The van der Waals surface area contributed by atoms with E-state index in [0.717, 1.165) is 30.7 Å². The van der Waals surface area contributed by atoms with Crippen molar-refractivity contribution in [3.8, 4) is 5.75 Å². The molecule has 2 fully saturated rings. The zero-order chi connectivity index (χ0) is 11.5. The van der Waals surface area contributed by atoms with Gasteiger partial charge in [0.15, 0.2) is 0 Å². The first kappa shape index (κ1) is 11.1. The molecule has 2 aliphatic rings. The highest BCUT2D eigenvalue weighted by Gasteiger charge is 2.35. The van der Waals surface area contributed by atoms with E-state index in [9.17, 15) is 0 Å². The predicted molar refractivity (Wildman–Crippen MR) is 68.2 cm³/mol. The molecule has 0 spiro atoms. The lowest BCUT2D eigenvalue weighted by molar-refractivity contribution is 0.228. The predicted octanol–water partition coefficient (Wildman–Crippen LogP) is 1.22. The molecule has 0 aliphatic carbocycles. The average molecular weight is 232 g/mol. The van der Waals surface area contributed by atoms with Gasteiger partial charge in [-0.3, -0.25) is 4.90 Å². The van der Waals surface area contributed by atoms with Crippen LogP contribution in [0.3, 0.4) is 0 Å². The van der Waals surface area contributed by atoms with Crippen LogP contribution < -0.4 is 10.1 Å². The first-order valence-corrected chi connectivity index (χ1v) is 6.53. The molecule has 1 aromatic carbocycles. The summed E-state index contributed by atoms with van der Waals surface area (Å²) < 4.78 is 5.73. The summed E-state index contributed by atoms with van der Waals surface area (Å²) >= 11 is 0. The molecule has 0 saturated carbocycles. The molecule has 0 aromatic heterocycles.